The molecule has 78 valence electrons. The number of hydrogen-bond acceptors (Lipinski definition) is 5. The second kappa shape index (κ2) is 3.86. The van der Waals surface area contributed by atoms with Gasteiger partial charge in [0.1, 0.15) is 12.4 Å². The van der Waals surface area contributed by atoms with Crippen LogP contribution in [0.3, 0.4) is 0 Å². The summed E-state index contributed by atoms with van der Waals surface area (Å²) < 4.78 is 32.1. The number of aromatic nitrogens is 1. The van der Waals surface area contributed by atoms with Crippen LogP contribution in [0.25, 0.3) is 0 Å². The lowest BCUT2D eigenvalue weighted by molar-refractivity contribution is 0.311. The van der Waals surface area contributed by atoms with E-state index in [0.717, 1.165) is 12.8 Å². The fraction of sp³-hybridized carbons (Fsp3) is 0.625. The summed E-state index contributed by atoms with van der Waals surface area (Å²) in [7, 11) is -2.88. The molecule has 1 aromatic heterocycles. The third-order valence-corrected chi connectivity index (χ3v) is 5.12. The zero-order chi connectivity index (χ0) is 10.0. The van der Waals surface area contributed by atoms with Crippen LogP contribution in [0.2, 0.25) is 0 Å². The van der Waals surface area contributed by atoms with Crippen molar-refractivity contribution in [3.63, 3.8) is 0 Å². The summed E-state index contributed by atoms with van der Waals surface area (Å²) in [5, 5.41) is 1.45. The molecule has 14 heavy (non-hydrogen) atoms. The maximum atomic E-state index is 11.4. The molecule has 0 aromatic carbocycles. The summed E-state index contributed by atoms with van der Waals surface area (Å²) in [6, 6.07) is 0. The molecule has 0 saturated carbocycles. The van der Waals surface area contributed by atoms with Gasteiger partial charge in [0, 0.05) is 0 Å². The van der Waals surface area contributed by atoms with Crippen molar-refractivity contribution in [2.45, 2.75) is 18.1 Å². The molecule has 0 bridgehead atoms. The van der Waals surface area contributed by atoms with Crippen LogP contribution in [0, 0.1) is 0 Å². The molecule has 1 fully saturated rings. The van der Waals surface area contributed by atoms with E-state index < -0.39 is 9.84 Å². The minimum atomic E-state index is -2.88. The van der Waals surface area contributed by atoms with E-state index in [0.29, 0.717) is 11.5 Å². The van der Waals surface area contributed by atoms with Gasteiger partial charge >= 0.3 is 0 Å². The molecule has 0 N–H and O–H groups in total. The molecule has 0 radical (unpaired) electrons. The van der Waals surface area contributed by atoms with Crippen molar-refractivity contribution in [2.75, 3.05) is 12.4 Å². The average molecular weight is 233 g/mol. The zero-order valence-corrected chi connectivity index (χ0v) is 9.18. The van der Waals surface area contributed by atoms with Gasteiger partial charge in [0.15, 0.2) is 9.84 Å². The van der Waals surface area contributed by atoms with E-state index in [1.807, 2.05) is 0 Å². The molecule has 1 saturated heterocycles. The monoisotopic (exact) mass is 233 g/mol. The van der Waals surface area contributed by atoms with Gasteiger partial charge in [-0.1, -0.05) is 0 Å². The highest BCUT2D eigenvalue weighted by atomic mass is 32.2. The first kappa shape index (κ1) is 9.92. The number of ether oxygens (including phenoxy) is 1. The maximum absolute atomic E-state index is 11.4. The molecule has 2 heterocycles. The van der Waals surface area contributed by atoms with Gasteiger partial charge in [0.05, 0.1) is 22.6 Å². The van der Waals surface area contributed by atoms with Gasteiger partial charge < -0.3 is 4.74 Å². The van der Waals surface area contributed by atoms with Crippen molar-refractivity contribution in [1.29, 1.82) is 0 Å². The maximum Gasteiger partial charge on any atom is 0.156 e. The lowest BCUT2D eigenvalue weighted by Gasteiger charge is -2.09. The van der Waals surface area contributed by atoms with Crippen LogP contribution in [-0.4, -0.2) is 30.4 Å². The highest BCUT2D eigenvalue weighted by molar-refractivity contribution is 7.92. The topological polar surface area (TPSA) is 56.3 Å². The van der Waals surface area contributed by atoms with Crippen LogP contribution >= 0.6 is 11.5 Å². The van der Waals surface area contributed by atoms with E-state index in [2.05, 4.69) is 4.37 Å². The van der Waals surface area contributed by atoms with Gasteiger partial charge in [-0.3, -0.25) is 0 Å². The van der Waals surface area contributed by atoms with Crippen LogP contribution < -0.4 is 4.74 Å². The first-order valence-electron chi connectivity index (χ1n) is 4.42. The first-order valence-corrected chi connectivity index (χ1v) is 6.97. The molecule has 0 spiro atoms. The molecular weight excluding hydrogens is 222 g/mol. The van der Waals surface area contributed by atoms with Gasteiger partial charge in [-0.2, -0.15) is 4.37 Å². The minimum Gasteiger partial charge on any atom is -0.490 e. The summed E-state index contributed by atoms with van der Waals surface area (Å²) in [5.74, 6) is 0.972. The van der Waals surface area contributed by atoms with E-state index >= 15 is 0 Å². The highest BCUT2D eigenvalue weighted by Gasteiger charge is 2.31. The first-order chi connectivity index (χ1) is 6.68. The predicted octanol–water partition coefficient (Wildman–Crippen LogP) is 1.10. The van der Waals surface area contributed by atoms with Gasteiger partial charge in [0.2, 0.25) is 0 Å². The summed E-state index contributed by atoms with van der Waals surface area (Å²) in [5.41, 5.74) is 0. The van der Waals surface area contributed by atoms with Crippen LogP contribution in [0.5, 0.6) is 5.75 Å². The summed E-state index contributed by atoms with van der Waals surface area (Å²) in [6.07, 6.45) is 3.09. The Balaban J connectivity index is 1.93. The minimum absolute atomic E-state index is 0.265. The SMILES string of the molecule is O=S1(=O)CCCC1COc1cnsc1. The Labute approximate surface area is 87.0 Å². The molecule has 1 aliphatic heterocycles. The number of hydrogen-bond donors (Lipinski definition) is 0. The number of sulfone groups is 1. The third-order valence-electron chi connectivity index (χ3n) is 2.31. The van der Waals surface area contributed by atoms with E-state index in [-0.39, 0.29) is 11.9 Å². The second-order valence-electron chi connectivity index (χ2n) is 3.30. The summed E-state index contributed by atoms with van der Waals surface area (Å²) >= 11 is 1.30. The van der Waals surface area contributed by atoms with Crippen molar-refractivity contribution in [3.8, 4) is 5.75 Å². The smallest absolute Gasteiger partial charge is 0.156 e. The molecule has 0 aliphatic carbocycles. The van der Waals surface area contributed by atoms with E-state index in [9.17, 15) is 8.42 Å². The summed E-state index contributed by atoms with van der Waals surface area (Å²) in [4.78, 5) is 0. The lowest BCUT2D eigenvalue weighted by Crippen LogP contribution is -2.23. The quantitative estimate of drug-likeness (QED) is 0.784. The van der Waals surface area contributed by atoms with Crippen LogP contribution in [-0.2, 0) is 9.84 Å². The van der Waals surface area contributed by atoms with Crippen molar-refractivity contribution in [3.05, 3.63) is 11.6 Å². The Morgan fingerprint density at radius 3 is 3.07 bits per heavy atom. The molecule has 4 nitrogen and oxygen atoms in total. The fourth-order valence-corrected chi connectivity index (χ4v) is 3.66. The Morgan fingerprint density at radius 2 is 2.50 bits per heavy atom. The molecule has 0 amide bonds. The zero-order valence-electron chi connectivity index (χ0n) is 7.55. The van der Waals surface area contributed by atoms with Gasteiger partial charge in [-0.15, -0.1) is 0 Å². The van der Waals surface area contributed by atoms with Crippen molar-refractivity contribution >= 4 is 21.4 Å². The van der Waals surface area contributed by atoms with Crippen molar-refractivity contribution in [1.82, 2.24) is 4.37 Å². The Bertz CT molecular complexity index is 385. The van der Waals surface area contributed by atoms with Crippen LogP contribution in [0.15, 0.2) is 11.6 Å². The number of rotatable bonds is 3. The van der Waals surface area contributed by atoms with Gasteiger partial charge in [-0.05, 0) is 24.4 Å². The lowest BCUT2D eigenvalue weighted by atomic mass is 10.3. The van der Waals surface area contributed by atoms with Crippen LogP contribution in [0.1, 0.15) is 12.8 Å². The normalized spacial score (nSPS) is 25.0. The standard InChI is InChI=1S/C8H11NO3S2/c10-14(11)3-1-2-8(14)5-12-7-4-9-13-6-7/h4,6,8H,1-3,5H2. The highest BCUT2D eigenvalue weighted by Crippen LogP contribution is 2.21. The summed E-state index contributed by atoms with van der Waals surface area (Å²) in [6.45, 7) is 0.265. The largest absolute Gasteiger partial charge is 0.490 e. The molecule has 2 rings (SSSR count). The fourth-order valence-electron chi connectivity index (χ4n) is 1.50. The third kappa shape index (κ3) is 2.06. The van der Waals surface area contributed by atoms with E-state index in [1.54, 1.807) is 11.6 Å². The Hall–Kier alpha value is -0.620. The van der Waals surface area contributed by atoms with Crippen molar-refractivity contribution in [2.24, 2.45) is 0 Å². The molecule has 6 heteroatoms. The van der Waals surface area contributed by atoms with E-state index in [1.165, 1.54) is 11.5 Å². The van der Waals surface area contributed by atoms with E-state index in [4.69, 9.17) is 4.74 Å². The van der Waals surface area contributed by atoms with Crippen molar-refractivity contribution < 1.29 is 13.2 Å². The molecule has 1 aliphatic rings. The number of nitrogens with zero attached hydrogens (tertiary/aromatic N) is 1. The second-order valence-corrected chi connectivity index (χ2v) is 6.36. The predicted molar refractivity (Wildman–Crippen MR) is 54.4 cm³/mol. The Kier molecular flexibility index (Phi) is 2.73. The van der Waals surface area contributed by atoms with Gasteiger partial charge in [0.25, 0.3) is 0 Å². The molecule has 1 aromatic rings. The molecular formula is C8H11NO3S2. The molecule has 1 unspecified atom stereocenters. The van der Waals surface area contributed by atoms with Crippen LogP contribution in [0.4, 0.5) is 0 Å². The average Bonchev–Trinajstić information content (AvgIpc) is 2.71. The molecule has 1 atom stereocenters. The van der Waals surface area contributed by atoms with Gasteiger partial charge in [-0.25, -0.2) is 8.42 Å². The Morgan fingerprint density at radius 1 is 1.64 bits per heavy atom.